The predicted octanol–water partition coefficient (Wildman–Crippen LogP) is 6.29. The molecule has 2 fully saturated rings. The van der Waals surface area contributed by atoms with E-state index in [-0.39, 0.29) is 12.3 Å². The lowest BCUT2D eigenvalue weighted by atomic mass is 9.80. The zero-order valence-electron chi connectivity index (χ0n) is 23.7. The molecule has 7 heteroatoms. The van der Waals surface area contributed by atoms with Gasteiger partial charge in [0.1, 0.15) is 29.6 Å². The first-order chi connectivity index (χ1) is 20.5. The minimum Gasteiger partial charge on any atom is -0.411 e. The Kier molecular flexibility index (Phi) is 8.20. The van der Waals surface area contributed by atoms with Gasteiger partial charge in [0.2, 0.25) is 0 Å². The van der Waals surface area contributed by atoms with Crippen molar-refractivity contribution in [2.45, 2.75) is 56.4 Å². The van der Waals surface area contributed by atoms with Crippen molar-refractivity contribution in [3.8, 4) is 0 Å². The molecule has 4 atom stereocenters. The first-order valence-electron chi connectivity index (χ1n) is 14.2. The molecular formula is C35H35NO6. The molecule has 2 aliphatic rings. The van der Waals surface area contributed by atoms with E-state index in [1.54, 1.807) is 0 Å². The van der Waals surface area contributed by atoms with E-state index in [0.717, 1.165) is 22.3 Å². The molecule has 0 saturated carbocycles. The quantitative estimate of drug-likeness (QED) is 0.105. The summed E-state index contributed by atoms with van der Waals surface area (Å²) in [4.78, 5) is 0. The molecular weight excluding hydrogens is 530 g/mol. The standard InChI is InChI=1S/C35H35NO6/c1-34(2)41-31-30(40-33(32(31)42-34)38-23-25-15-7-3-8-16-25)29(36-37)24-39-35(26-17-9-4-10-18-26,27-19-11-5-12-20-27)28-21-13-6-14-22-28/h3-22,30-33,37H,23-24H2,1-2H3/b36-29+/t30-,31+,32+,33+/m1/s1. The lowest BCUT2D eigenvalue weighted by Crippen LogP contribution is -2.41. The van der Waals surface area contributed by atoms with Gasteiger partial charge in [-0.1, -0.05) is 126 Å². The Labute approximate surface area is 246 Å². The van der Waals surface area contributed by atoms with Gasteiger partial charge in [0.25, 0.3) is 0 Å². The molecule has 2 heterocycles. The summed E-state index contributed by atoms with van der Waals surface area (Å²) in [7, 11) is 0. The molecule has 4 aromatic rings. The second-order valence-corrected chi connectivity index (χ2v) is 10.9. The first kappa shape index (κ1) is 28.3. The van der Waals surface area contributed by atoms with Crippen molar-refractivity contribution in [1.82, 2.24) is 0 Å². The maximum absolute atomic E-state index is 10.3. The van der Waals surface area contributed by atoms with Crippen molar-refractivity contribution >= 4 is 5.71 Å². The molecule has 2 aliphatic heterocycles. The number of oxime groups is 1. The Bertz CT molecular complexity index is 1370. The topological polar surface area (TPSA) is 78.7 Å². The smallest absolute Gasteiger partial charge is 0.187 e. The van der Waals surface area contributed by atoms with Gasteiger partial charge in [-0.2, -0.15) is 0 Å². The third kappa shape index (κ3) is 5.62. The summed E-state index contributed by atoms with van der Waals surface area (Å²) in [6.07, 6.45) is -2.52. The highest BCUT2D eigenvalue weighted by molar-refractivity contribution is 5.90. The highest BCUT2D eigenvalue weighted by Crippen LogP contribution is 2.42. The third-order valence-corrected chi connectivity index (χ3v) is 7.70. The summed E-state index contributed by atoms with van der Waals surface area (Å²) in [6.45, 7) is 4.01. The molecule has 42 heavy (non-hydrogen) atoms. The highest BCUT2D eigenvalue weighted by Gasteiger charge is 2.57. The summed E-state index contributed by atoms with van der Waals surface area (Å²) in [5.41, 5.74) is 3.12. The molecule has 0 radical (unpaired) electrons. The summed E-state index contributed by atoms with van der Waals surface area (Å²) >= 11 is 0. The fraction of sp³-hybridized carbons (Fsp3) is 0.286. The van der Waals surface area contributed by atoms with Crippen LogP contribution in [-0.2, 0) is 35.9 Å². The van der Waals surface area contributed by atoms with Crippen molar-refractivity contribution in [1.29, 1.82) is 0 Å². The van der Waals surface area contributed by atoms with Crippen LogP contribution in [0.25, 0.3) is 0 Å². The Hall–Kier alpha value is -3.85. The van der Waals surface area contributed by atoms with Gasteiger partial charge < -0.3 is 28.9 Å². The van der Waals surface area contributed by atoms with Crippen molar-refractivity contribution < 1.29 is 28.9 Å². The van der Waals surface area contributed by atoms with Gasteiger partial charge in [-0.15, -0.1) is 0 Å². The molecule has 0 aliphatic carbocycles. The number of hydrogen-bond donors (Lipinski definition) is 1. The van der Waals surface area contributed by atoms with E-state index in [0.29, 0.717) is 6.61 Å². The van der Waals surface area contributed by atoms with Crippen LogP contribution in [-0.4, -0.2) is 47.9 Å². The van der Waals surface area contributed by atoms with Crippen LogP contribution in [0.3, 0.4) is 0 Å². The van der Waals surface area contributed by atoms with Crippen LogP contribution < -0.4 is 0 Å². The zero-order chi connectivity index (χ0) is 29.0. The molecule has 216 valence electrons. The maximum Gasteiger partial charge on any atom is 0.187 e. The second-order valence-electron chi connectivity index (χ2n) is 10.9. The zero-order valence-corrected chi connectivity index (χ0v) is 23.7. The van der Waals surface area contributed by atoms with Crippen LogP contribution >= 0.6 is 0 Å². The number of hydrogen-bond acceptors (Lipinski definition) is 7. The Morgan fingerprint density at radius 1 is 0.738 bits per heavy atom. The first-order valence-corrected chi connectivity index (χ1v) is 14.2. The summed E-state index contributed by atoms with van der Waals surface area (Å²) in [5.74, 6) is -0.852. The molecule has 0 bridgehead atoms. The molecule has 0 spiro atoms. The Morgan fingerprint density at radius 2 is 1.21 bits per heavy atom. The van der Waals surface area contributed by atoms with Gasteiger partial charge >= 0.3 is 0 Å². The van der Waals surface area contributed by atoms with Crippen LogP contribution in [0, 0.1) is 0 Å². The van der Waals surface area contributed by atoms with E-state index >= 15 is 0 Å². The number of benzene rings is 4. The van der Waals surface area contributed by atoms with Gasteiger partial charge in [-0.3, -0.25) is 0 Å². The molecule has 4 aromatic carbocycles. The molecule has 0 unspecified atom stereocenters. The fourth-order valence-corrected chi connectivity index (χ4v) is 5.83. The van der Waals surface area contributed by atoms with Gasteiger partial charge in [0.15, 0.2) is 12.1 Å². The van der Waals surface area contributed by atoms with Crippen LogP contribution in [0.5, 0.6) is 0 Å². The van der Waals surface area contributed by atoms with Crippen molar-refractivity contribution in [3.63, 3.8) is 0 Å². The Morgan fingerprint density at radius 3 is 1.71 bits per heavy atom. The number of ether oxygens (including phenoxy) is 5. The fourth-order valence-electron chi connectivity index (χ4n) is 5.83. The van der Waals surface area contributed by atoms with E-state index in [1.807, 2.05) is 135 Å². The summed E-state index contributed by atoms with van der Waals surface area (Å²) in [6, 6.07) is 40.0. The van der Waals surface area contributed by atoms with E-state index in [4.69, 9.17) is 23.7 Å². The number of nitrogens with zero attached hydrogens (tertiary/aromatic N) is 1. The van der Waals surface area contributed by atoms with Crippen molar-refractivity contribution in [2.24, 2.45) is 5.16 Å². The molecule has 7 nitrogen and oxygen atoms in total. The molecule has 1 N–H and O–H groups in total. The molecule has 0 aromatic heterocycles. The van der Waals surface area contributed by atoms with E-state index in [1.165, 1.54) is 0 Å². The number of fused-ring (bicyclic) bond motifs is 1. The van der Waals surface area contributed by atoms with E-state index in [9.17, 15) is 5.21 Å². The number of rotatable bonds is 10. The van der Waals surface area contributed by atoms with Gasteiger partial charge in [-0.05, 0) is 36.1 Å². The minimum atomic E-state index is -0.993. The van der Waals surface area contributed by atoms with Gasteiger partial charge in [-0.25, -0.2) is 0 Å². The SMILES string of the molecule is CC1(C)O[C@@H]2[C@@H](OCc3ccccc3)O[C@H](/C(COC(c3ccccc3)(c3ccccc3)c3ccccc3)=N/O)[C@@H]2O1. The second kappa shape index (κ2) is 12.2. The third-order valence-electron chi connectivity index (χ3n) is 7.70. The molecule has 2 saturated heterocycles. The molecule has 0 amide bonds. The minimum absolute atomic E-state index is 0.0434. The predicted molar refractivity (Wildman–Crippen MR) is 158 cm³/mol. The Balaban J connectivity index is 1.31. The highest BCUT2D eigenvalue weighted by atomic mass is 16.8. The normalized spacial score (nSPS) is 23.5. The average Bonchev–Trinajstić information content (AvgIpc) is 3.53. The molecule has 6 rings (SSSR count). The van der Waals surface area contributed by atoms with E-state index < -0.39 is 36.0 Å². The largest absolute Gasteiger partial charge is 0.411 e. The van der Waals surface area contributed by atoms with E-state index in [2.05, 4.69) is 5.16 Å². The lowest BCUT2D eigenvalue weighted by Gasteiger charge is -2.36. The van der Waals surface area contributed by atoms with Crippen LogP contribution in [0.1, 0.15) is 36.1 Å². The lowest BCUT2D eigenvalue weighted by molar-refractivity contribution is -0.229. The van der Waals surface area contributed by atoms with Crippen LogP contribution in [0.15, 0.2) is 126 Å². The maximum atomic E-state index is 10.3. The van der Waals surface area contributed by atoms with Gasteiger partial charge in [0, 0.05) is 0 Å². The monoisotopic (exact) mass is 565 g/mol. The average molecular weight is 566 g/mol. The van der Waals surface area contributed by atoms with Crippen LogP contribution in [0.2, 0.25) is 0 Å². The summed E-state index contributed by atoms with van der Waals surface area (Å²) < 4.78 is 31.9. The van der Waals surface area contributed by atoms with Gasteiger partial charge in [0.05, 0.1) is 13.2 Å². The van der Waals surface area contributed by atoms with Crippen molar-refractivity contribution in [3.05, 3.63) is 144 Å². The van der Waals surface area contributed by atoms with Crippen LogP contribution in [0.4, 0.5) is 0 Å². The van der Waals surface area contributed by atoms with Crippen molar-refractivity contribution in [2.75, 3.05) is 6.61 Å². The summed E-state index contributed by atoms with van der Waals surface area (Å²) in [5, 5.41) is 14.0.